The predicted octanol–water partition coefficient (Wildman–Crippen LogP) is 4.92. The maximum atomic E-state index is 6.00. The second-order valence-electron chi connectivity index (χ2n) is 7.98. The lowest BCUT2D eigenvalue weighted by molar-refractivity contribution is 0.0281. The van der Waals surface area contributed by atoms with Crippen molar-refractivity contribution >= 4 is 0 Å². The van der Waals surface area contributed by atoms with Crippen LogP contribution in [0.5, 0.6) is 0 Å². The minimum Gasteiger partial charge on any atom is -0.377 e. The largest absolute Gasteiger partial charge is 0.377 e. The van der Waals surface area contributed by atoms with Crippen molar-refractivity contribution in [3.8, 4) is 0 Å². The molecule has 0 spiro atoms. The minimum absolute atomic E-state index is 0.537. The molecule has 0 saturated heterocycles. The Balaban J connectivity index is 1.54. The molecule has 1 N–H and O–H groups in total. The first-order valence-corrected chi connectivity index (χ1v) is 9.47. The van der Waals surface area contributed by atoms with Gasteiger partial charge in [0.1, 0.15) is 0 Å². The van der Waals surface area contributed by atoms with Crippen LogP contribution in [0.4, 0.5) is 0 Å². The van der Waals surface area contributed by atoms with Crippen LogP contribution in [-0.4, -0.2) is 25.3 Å². The maximum absolute atomic E-state index is 6.00. The van der Waals surface area contributed by atoms with E-state index in [9.17, 15) is 0 Å². The zero-order valence-corrected chi connectivity index (χ0v) is 14.6. The number of hydrogen-bond acceptors (Lipinski definition) is 2. The van der Waals surface area contributed by atoms with Gasteiger partial charge in [-0.3, -0.25) is 0 Å². The van der Waals surface area contributed by atoms with Crippen LogP contribution < -0.4 is 5.32 Å². The van der Waals surface area contributed by atoms with E-state index in [-0.39, 0.29) is 0 Å². The maximum Gasteiger partial charge on any atom is 0.0594 e. The highest BCUT2D eigenvalue weighted by Crippen LogP contribution is 2.40. The highest BCUT2D eigenvalue weighted by atomic mass is 16.5. The summed E-state index contributed by atoms with van der Waals surface area (Å²) in [5, 5.41) is 3.73. The van der Waals surface area contributed by atoms with E-state index in [0.29, 0.717) is 11.5 Å². The molecule has 0 bridgehead atoms. The van der Waals surface area contributed by atoms with Gasteiger partial charge < -0.3 is 10.1 Å². The molecule has 21 heavy (non-hydrogen) atoms. The van der Waals surface area contributed by atoms with Gasteiger partial charge in [-0.15, -0.1) is 0 Å². The zero-order chi connectivity index (χ0) is 15.1. The number of hydrogen-bond donors (Lipinski definition) is 1. The summed E-state index contributed by atoms with van der Waals surface area (Å²) in [6, 6.07) is 0.740. The van der Waals surface area contributed by atoms with Crippen molar-refractivity contribution in [2.75, 3.05) is 13.2 Å². The first kappa shape index (κ1) is 17.3. The third-order valence-electron chi connectivity index (χ3n) is 6.18. The van der Waals surface area contributed by atoms with E-state index in [1.54, 1.807) is 0 Å². The molecule has 0 aromatic heterocycles. The Bertz CT molecular complexity index is 275. The summed E-state index contributed by atoms with van der Waals surface area (Å²) >= 11 is 0. The third kappa shape index (κ3) is 5.56. The molecule has 2 aliphatic carbocycles. The SMILES string of the molecule is CCC(C)(C)C1CCC(NCCOC2CCCCC2)CC1. The fourth-order valence-electron chi connectivity index (χ4n) is 4.09. The van der Waals surface area contributed by atoms with Crippen molar-refractivity contribution in [2.45, 2.75) is 97.1 Å². The van der Waals surface area contributed by atoms with Gasteiger partial charge in [-0.2, -0.15) is 0 Å². The molecule has 2 nitrogen and oxygen atoms in total. The van der Waals surface area contributed by atoms with Crippen LogP contribution in [0.3, 0.4) is 0 Å². The average Bonchev–Trinajstić information content (AvgIpc) is 2.53. The van der Waals surface area contributed by atoms with Crippen molar-refractivity contribution in [3.63, 3.8) is 0 Å². The van der Waals surface area contributed by atoms with Crippen LogP contribution in [0.2, 0.25) is 0 Å². The monoisotopic (exact) mass is 295 g/mol. The molecule has 0 amide bonds. The number of nitrogens with one attached hydrogen (secondary N) is 1. The number of ether oxygens (including phenoxy) is 1. The summed E-state index contributed by atoms with van der Waals surface area (Å²) in [4.78, 5) is 0. The quantitative estimate of drug-likeness (QED) is 0.673. The van der Waals surface area contributed by atoms with Crippen LogP contribution in [0.1, 0.15) is 85.0 Å². The first-order valence-electron chi connectivity index (χ1n) is 9.47. The smallest absolute Gasteiger partial charge is 0.0594 e. The molecule has 0 unspecified atom stereocenters. The van der Waals surface area contributed by atoms with Gasteiger partial charge in [0.2, 0.25) is 0 Å². The molecule has 0 aliphatic heterocycles. The lowest BCUT2D eigenvalue weighted by Crippen LogP contribution is -2.38. The number of rotatable bonds is 7. The lowest BCUT2D eigenvalue weighted by atomic mass is 9.69. The molecular weight excluding hydrogens is 258 g/mol. The molecule has 0 heterocycles. The van der Waals surface area contributed by atoms with Gasteiger partial charge in [-0.1, -0.05) is 46.5 Å². The van der Waals surface area contributed by atoms with Crippen LogP contribution in [0.25, 0.3) is 0 Å². The van der Waals surface area contributed by atoms with Crippen molar-refractivity contribution in [2.24, 2.45) is 11.3 Å². The van der Waals surface area contributed by atoms with Gasteiger partial charge >= 0.3 is 0 Å². The molecule has 2 saturated carbocycles. The van der Waals surface area contributed by atoms with E-state index in [4.69, 9.17) is 4.74 Å². The second kappa shape index (κ2) is 8.53. The fourth-order valence-corrected chi connectivity index (χ4v) is 4.09. The molecule has 0 radical (unpaired) electrons. The Morgan fingerprint density at radius 3 is 2.24 bits per heavy atom. The molecular formula is C19H37NO. The van der Waals surface area contributed by atoms with Crippen LogP contribution >= 0.6 is 0 Å². The standard InChI is InChI=1S/C19H37NO/c1-4-19(2,3)16-10-12-17(13-11-16)20-14-15-21-18-8-6-5-7-9-18/h16-18,20H,4-15H2,1-3H3. The van der Waals surface area contributed by atoms with E-state index in [0.717, 1.165) is 25.1 Å². The predicted molar refractivity (Wildman–Crippen MR) is 90.6 cm³/mol. The van der Waals surface area contributed by atoms with E-state index in [1.165, 1.54) is 64.2 Å². The molecule has 2 heteroatoms. The Kier molecular flexibility index (Phi) is 7.01. The summed E-state index contributed by atoms with van der Waals surface area (Å²) in [5.41, 5.74) is 0.537. The first-order chi connectivity index (χ1) is 10.1. The lowest BCUT2D eigenvalue weighted by Gasteiger charge is -2.39. The van der Waals surface area contributed by atoms with Crippen LogP contribution in [0.15, 0.2) is 0 Å². The van der Waals surface area contributed by atoms with Gasteiger partial charge in [-0.05, 0) is 49.9 Å². The van der Waals surface area contributed by atoms with Crippen LogP contribution in [0, 0.1) is 11.3 Å². The van der Waals surface area contributed by atoms with Gasteiger partial charge in [-0.25, -0.2) is 0 Å². The Morgan fingerprint density at radius 1 is 0.952 bits per heavy atom. The van der Waals surface area contributed by atoms with Crippen molar-refractivity contribution in [1.29, 1.82) is 0 Å². The molecule has 0 atom stereocenters. The highest BCUT2D eigenvalue weighted by molar-refractivity contribution is 4.84. The van der Waals surface area contributed by atoms with Gasteiger partial charge in [0.05, 0.1) is 12.7 Å². The van der Waals surface area contributed by atoms with E-state index < -0.39 is 0 Å². The Morgan fingerprint density at radius 2 is 1.62 bits per heavy atom. The summed E-state index contributed by atoms with van der Waals surface area (Å²) < 4.78 is 6.00. The van der Waals surface area contributed by atoms with E-state index in [1.807, 2.05) is 0 Å². The molecule has 124 valence electrons. The summed E-state index contributed by atoms with van der Waals surface area (Å²) in [6.07, 6.45) is 14.1. The topological polar surface area (TPSA) is 21.3 Å². The van der Waals surface area contributed by atoms with Crippen molar-refractivity contribution < 1.29 is 4.74 Å². The molecule has 0 aromatic carbocycles. The normalized spacial score (nSPS) is 28.7. The van der Waals surface area contributed by atoms with Gasteiger partial charge in [0, 0.05) is 12.6 Å². The third-order valence-corrected chi connectivity index (χ3v) is 6.18. The van der Waals surface area contributed by atoms with Crippen LogP contribution in [-0.2, 0) is 4.74 Å². The highest BCUT2D eigenvalue weighted by Gasteiger charge is 2.31. The zero-order valence-electron chi connectivity index (χ0n) is 14.6. The van der Waals surface area contributed by atoms with Crippen molar-refractivity contribution in [3.05, 3.63) is 0 Å². The molecule has 0 aromatic rings. The Labute approximate surface area is 132 Å². The van der Waals surface area contributed by atoms with E-state index in [2.05, 4.69) is 26.1 Å². The fraction of sp³-hybridized carbons (Fsp3) is 1.00. The van der Waals surface area contributed by atoms with Gasteiger partial charge in [0.25, 0.3) is 0 Å². The van der Waals surface area contributed by atoms with Gasteiger partial charge in [0.15, 0.2) is 0 Å². The molecule has 2 aliphatic rings. The second-order valence-corrected chi connectivity index (χ2v) is 7.98. The van der Waals surface area contributed by atoms with Crippen molar-refractivity contribution in [1.82, 2.24) is 5.32 Å². The van der Waals surface area contributed by atoms with E-state index >= 15 is 0 Å². The summed E-state index contributed by atoms with van der Waals surface area (Å²) in [5.74, 6) is 0.930. The Hall–Kier alpha value is -0.0800. The summed E-state index contributed by atoms with van der Waals surface area (Å²) in [7, 11) is 0. The molecule has 2 rings (SSSR count). The summed E-state index contributed by atoms with van der Waals surface area (Å²) in [6.45, 7) is 9.19. The molecule has 2 fully saturated rings. The minimum atomic E-state index is 0.537. The average molecular weight is 296 g/mol.